The number of aryl methyl sites for hydroxylation is 1. The minimum Gasteiger partial charge on any atom is -0.486 e. The summed E-state index contributed by atoms with van der Waals surface area (Å²) in [6.45, 7) is 2.63. The van der Waals surface area contributed by atoms with Gasteiger partial charge in [-0.15, -0.1) is 0 Å². The fourth-order valence-electron chi connectivity index (χ4n) is 1.55. The molecule has 0 fully saturated rings. The van der Waals surface area contributed by atoms with Gasteiger partial charge in [-0.1, -0.05) is 0 Å². The van der Waals surface area contributed by atoms with Crippen LogP contribution in [-0.2, 0) is 13.2 Å². The smallest absolute Gasteiger partial charge is 0.146 e. The highest BCUT2D eigenvalue weighted by Gasteiger charge is 2.06. The summed E-state index contributed by atoms with van der Waals surface area (Å²) in [5.74, 6) is 1.85. The lowest BCUT2D eigenvalue weighted by Gasteiger charge is -2.03. The molecule has 1 aromatic carbocycles. The van der Waals surface area contributed by atoms with Crippen LogP contribution in [-0.4, -0.2) is 0 Å². The van der Waals surface area contributed by atoms with Crippen molar-refractivity contribution in [3.8, 4) is 5.75 Å². The number of ether oxygens (including phenoxy) is 1. The van der Waals surface area contributed by atoms with Crippen molar-refractivity contribution in [2.45, 2.75) is 20.1 Å². The summed E-state index contributed by atoms with van der Waals surface area (Å²) in [5.41, 5.74) is 6.52. The van der Waals surface area contributed by atoms with E-state index in [1.54, 1.807) is 12.1 Å². The van der Waals surface area contributed by atoms with Crippen LogP contribution in [0.15, 0.2) is 34.7 Å². The van der Waals surface area contributed by atoms with Gasteiger partial charge in [0.15, 0.2) is 0 Å². The molecule has 3 nitrogen and oxygen atoms in total. The lowest BCUT2D eigenvalue weighted by atomic mass is 10.2. The highest BCUT2D eigenvalue weighted by atomic mass is 19.1. The van der Waals surface area contributed by atoms with E-state index in [1.165, 1.54) is 12.1 Å². The molecule has 2 aromatic rings. The molecule has 0 radical (unpaired) electrons. The molecule has 90 valence electrons. The average Bonchev–Trinajstić information content (AvgIpc) is 2.69. The van der Waals surface area contributed by atoms with Crippen molar-refractivity contribution in [3.05, 3.63) is 53.2 Å². The van der Waals surface area contributed by atoms with E-state index in [2.05, 4.69) is 0 Å². The van der Waals surface area contributed by atoms with E-state index in [-0.39, 0.29) is 5.82 Å². The minimum absolute atomic E-state index is 0.281. The Hall–Kier alpha value is -1.81. The molecule has 1 aromatic heterocycles. The van der Waals surface area contributed by atoms with Gasteiger partial charge < -0.3 is 14.9 Å². The van der Waals surface area contributed by atoms with Crippen molar-refractivity contribution >= 4 is 0 Å². The standard InChI is InChI=1S/C13H14FNO2/c1-9-10(7-15)6-13(17-9)8-16-12-4-2-11(14)3-5-12/h2-6H,7-8,15H2,1H3. The Morgan fingerprint density at radius 3 is 2.59 bits per heavy atom. The second-order valence-corrected chi connectivity index (χ2v) is 3.74. The van der Waals surface area contributed by atoms with Crippen LogP contribution in [0.3, 0.4) is 0 Å². The summed E-state index contributed by atoms with van der Waals surface area (Å²) in [4.78, 5) is 0. The van der Waals surface area contributed by atoms with Gasteiger partial charge in [-0.05, 0) is 37.3 Å². The largest absolute Gasteiger partial charge is 0.486 e. The Balaban J connectivity index is 1.99. The zero-order chi connectivity index (χ0) is 12.3. The minimum atomic E-state index is -0.281. The zero-order valence-corrected chi connectivity index (χ0v) is 9.57. The van der Waals surface area contributed by atoms with Crippen LogP contribution in [0, 0.1) is 12.7 Å². The quantitative estimate of drug-likeness (QED) is 0.886. The summed E-state index contributed by atoms with van der Waals surface area (Å²) in [5, 5.41) is 0. The van der Waals surface area contributed by atoms with Gasteiger partial charge in [-0.2, -0.15) is 0 Å². The molecule has 2 N–H and O–H groups in total. The first-order valence-electron chi connectivity index (χ1n) is 5.35. The average molecular weight is 235 g/mol. The second-order valence-electron chi connectivity index (χ2n) is 3.74. The monoisotopic (exact) mass is 235 g/mol. The van der Waals surface area contributed by atoms with E-state index in [4.69, 9.17) is 14.9 Å². The van der Waals surface area contributed by atoms with E-state index in [1.807, 2.05) is 13.0 Å². The Morgan fingerprint density at radius 2 is 2.00 bits per heavy atom. The van der Waals surface area contributed by atoms with Gasteiger partial charge in [-0.25, -0.2) is 4.39 Å². The van der Waals surface area contributed by atoms with Crippen LogP contribution >= 0.6 is 0 Å². The number of halogens is 1. The fraction of sp³-hybridized carbons (Fsp3) is 0.231. The molecule has 0 bridgehead atoms. The van der Waals surface area contributed by atoms with Crippen molar-refractivity contribution in [3.63, 3.8) is 0 Å². The first-order valence-corrected chi connectivity index (χ1v) is 5.35. The van der Waals surface area contributed by atoms with Crippen LogP contribution in [0.1, 0.15) is 17.1 Å². The maximum atomic E-state index is 12.7. The first-order chi connectivity index (χ1) is 8.19. The molecule has 17 heavy (non-hydrogen) atoms. The summed E-state index contributed by atoms with van der Waals surface area (Å²) in [6, 6.07) is 7.74. The van der Waals surface area contributed by atoms with Gasteiger partial charge >= 0.3 is 0 Å². The van der Waals surface area contributed by atoms with Crippen molar-refractivity contribution in [1.82, 2.24) is 0 Å². The predicted molar refractivity (Wildman–Crippen MR) is 62.1 cm³/mol. The van der Waals surface area contributed by atoms with Gasteiger partial charge in [0.05, 0.1) is 0 Å². The number of benzene rings is 1. The lowest BCUT2D eigenvalue weighted by Crippen LogP contribution is -1.96. The van der Waals surface area contributed by atoms with Gasteiger partial charge in [0.2, 0.25) is 0 Å². The maximum Gasteiger partial charge on any atom is 0.146 e. The van der Waals surface area contributed by atoms with Crippen molar-refractivity contribution in [2.24, 2.45) is 5.73 Å². The van der Waals surface area contributed by atoms with Crippen LogP contribution in [0.25, 0.3) is 0 Å². The number of nitrogens with two attached hydrogens (primary N) is 1. The molecule has 0 aliphatic rings. The van der Waals surface area contributed by atoms with E-state index in [0.717, 1.165) is 11.3 Å². The topological polar surface area (TPSA) is 48.4 Å². The van der Waals surface area contributed by atoms with Crippen LogP contribution < -0.4 is 10.5 Å². The van der Waals surface area contributed by atoms with Crippen molar-refractivity contribution in [1.29, 1.82) is 0 Å². The predicted octanol–water partition coefficient (Wildman–Crippen LogP) is 2.76. The summed E-state index contributed by atoms with van der Waals surface area (Å²) < 4.78 is 23.6. The zero-order valence-electron chi connectivity index (χ0n) is 9.57. The number of hydrogen-bond acceptors (Lipinski definition) is 3. The van der Waals surface area contributed by atoms with Gasteiger partial charge in [-0.3, -0.25) is 0 Å². The Bertz CT molecular complexity index is 491. The number of furan rings is 1. The Labute approximate surface area is 99.0 Å². The molecule has 0 saturated heterocycles. The third-order valence-electron chi connectivity index (χ3n) is 2.49. The third-order valence-corrected chi connectivity index (χ3v) is 2.49. The molecular weight excluding hydrogens is 221 g/mol. The van der Waals surface area contributed by atoms with Crippen LogP contribution in [0.2, 0.25) is 0 Å². The first kappa shape index (κ1) is 11.7. The summed E-state index contributed by atoms with van der Waals surface area (Å²) >= 11 is 0. The molecule has 0 saturated carbocycles. The molecule has 0 aliphatic carbocycles. The maximum absolute atomic E-state index is 12.7. The number of hydrogen-bond donors (Lipinski definition) is 1. The third kappa shape index (κ3) is 2.85. The highest BCUT2D eigenvalue weighted by Crippen LogP contribution is 2.17. The summed E-state index contributed by atoms with van der Waals surface area (Å²) in [7, 11) is 0. The highest BCUT2D eigenvalue weighted by molar-refractivity contribution is 5.23. The SMILES string of the molecule is Cc1oc(COc2ccc(F)cc2)cc1CN. The Kier molecular flexibility index (Phi) is 3.44. The molecule has 4 heteroatoms. The van der Waals surface area contributed by atoms with Crippen molar-refractivity contribution in [2.75, 3.05) is 0 Å². The molecule has 0 unspecified atom stereocenters. The molecule has 0 amide bonds. The fourth-order valence-corrected chi connectivity index (χ4v) is 1.55. The van der Waals surface area contributed by atoms with Gasteiger partial charge in [0, 0.05) is 12.1 Å². The number of rotatable bonds is 4. The van der Waals surface area contributed by atoms with E-state index >= 15 is 0 Å². The molecule has 2 rings (SSSR count). The summed E-state index contributed by atoms with van der Waals surface area (Å²) in [6.07, 6.45) is 0. The normalized spacial score (nSPS) is 10.5. The van der Waals surface area contributed by atoms with E-state index < -0.39 is 0 Å². The molecule has 0 atom stereocenters. The molecule has 1 heterocycles. The van der Waals surface area contributed by atoms with E-state index in [9.17, 15) is 4.39 Å². The molecule has 0 aliphatic heterocycles. The van der Waals surface area contributed by atoms with E-state index in [0.29, 0.717) is 24.7 Å². The molecular formula is C13H14FNO2. The second kappa shape index (κ2) is 5.01. The van der Waals surface area contributed by atoms with Crippen molar-refractivity contribution < 1.29 is 13.5 Å². The van der Waals surface area contributed by atoms with Crippen LogP contribution in [0.5, 0.6) is 5.75 Å². The van der Waals surface area contributed by atoms with Crippen LogP contribution in [0.4, 0.5) is 4.39 Å². The van der Waals surface area contributed by atoms with Gasteiger partial charge in [0.1, 0.15) is 29.7 Å². The molecule has 0 spiro atoms. The lowest BCUT2D eigenvalue weighted by molar-refractivity contribution is 0.267. The Morgan fingerprint density at radius 1 is 1.29 bits per heavy atom. The van der Waals surface area contributed by atoms with Gasteiger partial charge in [0.25, 0.3) is 0 Å².